The number of H-pyrrole nitrogens is 1. The van der Waals surface area contributed by atoms with Gasteiger partial charge in [-0.2, -0.15) is 5.10 Å². The summed E-state index contributed by atoms with van der Waals surface area (Å²) in [6.07, 6.45) is 2.90. The van der Waals surface area contributed by atoms with Gasteiger partial charge in [-0.05, 0) is 25.5 Å². The van der Waals surface area contributed by atoms with Gasteiger partial charge in [0.2, 0.25) is 0 Å². The van der Waals surface area contributed by atoms with E-state index in [2.05, 4.69) is 32.3 Å². The van der Waals surface area contributed by atoms with Crippen LogP contribution in [0.3, 0.4) is 0 Å². The molecule has 2 aromatic heterocycles. The molecule has 0 spiro atoms. The first-order valence-corrected chi connectivity index (χ1v) is 7.65. The van der Waals surface area contributed by atoms with E-state index in [1.54, 1.807) is 12.3 Å². The number of pyridine rings is 1. The molecule has 22 heavy (non-hydrogen) atoms. The number of amides is 1. The van der Waals surface area contributed by atoms with E-state index in [4.69, 9.17) is 4.74 Å². The largest absolute Gasteiger partial charge is 0.376 e. The second-order valence-electron chi connectivity index (χ2n) is 6.16. The minimum atomic E-state index is -0.129. The Labute approximate surface area is 128 Å². The Morgan fingerprint density at radius 2 is 2.36 bits per heavy atom. The molecule has 2 aromatic rings. The summed E-state index contributed by atoms with van der Waals surface area (Å²) in [5.41, 5.74) is 1.06. The van der Waals surface area contributed by atoms with Crippen molar-refractivity contribution in [2.24, 2.45) is 0 Å². The second kappa shape index (κ2) is 5.33. The van der Waals surface area contributed by atoms with Gasteiger partial charge >= 0.3 is 0 Å². The molecular formula is C15H19N5O2. The molecule has 2 aliphatic heterocycles. The standard InChI is InChI=1S/C15H19N5O2/c1-9-6-20-7-11(4-12(20)8-22-9)17-15(21)13-3-2-10-5-16-19-14(10)18-13/h2-3,5,9,11-12H,4,6-8H2,1H3,(H,17,21)(H,16,18,19)/t9-,11-,12+/m1/s1. The van der Waals surface area contributed by atoms with Crippen LogP contribution in [0.1, 0.15) is 23.8 Å². The minimum Gasteiger partial charge on any atom is -0.376 e. The zero-order valence-corrected chi connectivity index (χ0v) is 12.5. The van der Waals surface area contributed by atoms with Gasteiger partial charge in [0.25, 0.3) is 5.91 Å². The molecule has 7 nitrogen and oxygen atoms in total. The number of hydrogen-bond acceptors (Lipinski definition) is 5. The highest BCUT2D eigenvalue weighted by Crippen LogP contribution is 2.23. The number of hydrogen-bond donors (Lipinski definition) is 2. The van der Waals surface area contributed by atoms with Crippen LogP contribution in [0, 0.1) is 0 Å². The first kappa shape index (κ1) is 13.7. The highest BCUT2D eigenvalue weighted by atomic mass is 16.5. The highest BCUT2D eigenvalue weighted by Gasteiger charge is 2.36. The SMILES string of the molecule is C[C@@H]1CN2C[C@H](NC(=O)c3ccc4cn[nH]c4n3)C[C@H]2CO1. The fraction of sp³-hybridized carbons (Fsp3) is 0.533. The first-order chi connectivity index (χ1) is 10.7. The lowest BCUT2D eigenvalue weighted by molar-refractivity contribution is -0.0390. The number of ether oxygens (including phenoxy) is 1. The number of morpholine rings is 1. The lowest BCUT2D eigenvalue weighted by Crippen LogP contribution is -2.45. The molecule has 0 aliphatic carbocycles. The second-order valence-corrected chi connectivity index (χ2v) is 6.16. The molecule has 3 atom stereocenters. The summed E-state index contributed by atoms with van der Waals surface area (Å²) in [5.74, 6) is -0.129. The Bertz CT molecular complexity index is 700. The van der Waals surface area contributed by atoms with E-state index in [-0.39, 0.29) is 18.1 Å². The number of carbonyl (C=O) groups excluding carboxylic acids is 1. The molecule has 1 amide bonds. The molecule has 0 aromatic carbocycles. The van der Waals surface area contributed by atoms with Crippen LogP contribution in [0.5, 0.6) is 0 Å². The van der Waals surface area contributed by atoms with Gasteiger partial charge in [0.15, 0.2) is 5.65 Å². The minimum absolute atomic E-state index is 0.129. The Hall–Kier alpha value is -1.99. The van der Waals surface area contributed by atoms with Crippen LogP contribution in [-0.2, 0) is 4.74 Å². The average Bonchev–Trinajstić information content (AvgIpc) is 3.11. The first-order valence-electron chi connectivity index (χ1n) is 7.65. The van der Waals surface area contributed by atoms with E-state index in [1.165, 1.54) is 0 Å². The topological polar surface area (TPSA) is 83.1 Å². The predicted molar refractivity (Wildman–Crippen MR) is 80.5 cm³/mol. The summed E-state index contributed by atoms with van der Waals surface area (Å²) >= 11 is 0. The van der Waals surface area contributed by atoms with Gasteiger partial charge in [0.05, 0.1) is 18.9 Å². The maximum Gasteiger partial charge on any atom is 0.270 e. The quantitative estimate of drug-likeness (QED) is 0.846. The van der Waals surface area contributed by atoms with Gasteiger partial charge in [-0.1, -0.05) is 0 Å². The van der Waals surface area contributed by atoms with Gasteiger partial charge in [-0.25, -0.2) is 4.98 Å². The maximum atomic E-state index is 12.4. The number of aromatic nitrogens is 3. The Balaban J connectivity index is 1.43. The van der Waals surface area contributed by atoms with E-state index in [9.17, 15) is 4.79 Å². The van der Waals surface area contributed by atoms with E-state index in [1.807, 2.05) is 6.07 Å². The number of aromatic amines is 1. The Kier molecular flexibility index (Phi) is 3.31. The van der Waals surface area contributed by atoms with Crippen molar-refractivity contribution in [2.75, 3.05) is 19.7 Å². The molecule has 2 saturated heterocycles. The molecule has 7 heteroatoms. The number of fused-ring (bicyclic) bond motifs is 2. The smallest absolute Gasteiger partial charge is 0.270 e. The fourth-order valence-corrected chi connectivity index (χ4v) is 3.36. The molecule has 2 N–H and O–H groups in total. The van der Waals surface area contributed by atoms with Crippen LogP contribution < -0.4 is 5.32 Å². The maximum absolute atomic E-state index is 12.4. The van der Waals surface area contributed by atoms with Crippen LogP contribution in [-0.4, -0.2) is 63.9 Å². The summed E-state index contributed by atoms with van der Waals surface area (Å²) in [4.78, 5) is 19.1. The van der Waals surface area contributed by atoms with Crippen molar-refractivity contribution in [3.63, 3.8) is 0 Å². The monoisotopic (exact) mass is 301 g/mol. The number of rotatable bonds is 2. The molecule has 0 saturated carbocycles. The Morgan fingerprint density at radius 3 is 3.27 bits per heavy atom. The van der Waals surface area contributed by atoms with Crippen LogP contribution in [0.15, 0.2) is 18.3 Å². The molecule has 0 radical (unpaired) electrons. The van der Waals surface area contributed by atoms with Crippen molar-refractivity contribution >= 4 is 16.9 Å². The van der Waals surface area contributed by atoms with E-state index >= 15 is 0 Å². The van der Waals surface area contributed by atoms with Crippen LogP contribution in [0.2, 0.25) is 0 Å². The lowest BCUT2D eigenvalue weighted by Gasteiger charge is -2.33. The Morgan fingerprint density at radius 1 is 1.45 bits per heavy atom. The van der Waals surface area contributed by atoms with E-state index in [0.29, 0.717) is 17.4 Å². The zero-order valence-electron chi connectivity index (χ0n) is 12.5. The summed E-state index contributed by atoms with van der Waals surface area (Å²) in [7, 11) is 0. The average molecular weight is 301 g/mol. The van der Waals surface area contributed by atoms with Crippen molar-refractivity contribution in [2.45, 2.75) is 31.5 Å². The van der Waals surface area contributed by atoms with Gasteiger partial charge < -0.3 is 10.1 Å². The molecule has 2 aliphatic rings. The number of nitrogens with one attached hydrogen (secondary N) is 2. The van der Waals surface area contributed by atoms with Gasteiger partial charge in [-0.3, -0.25) is 14.8 Å². The normalized spacial score (nSPS) is 28.7. The predicted octanol–water partition coefficient (Wildman–Crippen LogP) is 0.549. The highest BCUT2D eigenvalue weighted by molar-refractivity contribution is 5.94. The third kappa shape index (κ3) is 2.46. The van der Waals surface area contributed by atoms with Crippen molar-refractivity contribution in [3.8, 4) is 0 Å². The van der Waals surface area contributed by atoms with Crippen LogP contribution >= 0.6 is 0 Å². The van der Waals surface area contributed by atoms with Crippen molar-refractivity contribution < 1.29 is 9.53 Å². The molecule has 116 valence electrons. The van der Waals surface area contributed by atoms with Crippen molar-refractivity contribution in [1.82, 2.24) is 25.4 Å². The third-order valence-corrected chi connectivity index (χ3v) is 4.46. The lowest BCUT2D eigenvalue weighted by atomic mass is 10.1. The van der Waals surface area contributed by atoms with Gasteiger partial charge in [0.1, 0.15) is 5.69 Å². The molecule has 2 fully saturated rings. The van der Waals surface area contributed by atoms with Crippen molar-refractivity contribution in [3.05, 3.63) is 24.0 Å². The molecule has 4 rings (SSSR count). The third-order valence-electron chi connectivity index (χ3n) is 4.46. The van der Waals surface area contributed by atoms with Gasteiger partial charge in [-0.15, -0.1) is 0 Å². The van der Waals surface area contributed by atoms with Gasteiger partial charge in [0, 0.05) is 30.6 Å². The number of carbonyl (C=O) groups is 1. The van der Waals surface area contributed by atoms with E-state index < -0.39 is 0 Å². The van der Waals surface area contributed by atoms with Crippen LogP contribution in [0.4, 0.5) is 0 Å². The summed E-state index contributed by atoms with van der Waals surface area (Å²) < 4.78 is 5.69. The summed E-state index contributed by atoms with van der Waals surface area (Å²) in [5, 5.41) is 10.7. The summed E-state index contributed by atoms with van der Waals surface area (Å²) in [6, 6.07) is 4.17. The fourth-order valence-electron chi connectivity index (χ4n) is 3.36. The molecule has 0 bridgehead atoms. The molecular weight excluding hydrogens is 282 g/mol. The van der Waals surface area contributed by atoms with Crippen LogP contribution in [0.25, 0.3) is 11.0 Å². The summed E-state index contributed by atoms with van der Waals surface area (Å²) in [6.45, 7) is 4.67. The molecule has 4 heterocycles. The zero-order chi connectivity index (χ0) is 15.1. The van der Waals surface area contributed by atoms with E-state index in [0.717, 1.165) is 31.5 Å². The van der Waals surface area contributed by atoms with Crippen molar-refractivity contribution in [1.29, 1.82) is 0 Å². The number of nitrogens with zero attached hydrogens (tertiary/aromatic N) is 3. The molecule has 0 unspecified atom stereocenters.